The second kappa shape index (κ2) is 9.56. The maximum absolute atomic E-state index is 12.8. The standard InChI is InChI=1S/C22H24ClN3O3/c1-2-3-12-24-22(29)18-6-4-5-7-19(18)25-21(28)15-13-20(27)26(14-15)17-10-8-16(23)9-11-17/h4-11,15H,2-3,12-14H2,1H3,(H,24,29)(H,25,28)/t15-/m0/s1. The van der Waals surface area contributed by atoms with E-state index < -0.39 is 5.92 Å². The van der Waals surface area contributed by atoms with Gasteiger partial charge >= 0.3 is 0 Å². The molecule has 0 aliphatic carbocycles. The summed E-state index contributed by atoms with van der Waals surface area (Å²) in [6.07, 6.45) is 2.00. The maximum Gasteiger partial charge on any atom is 0.253 e. The molecule has 2 aromatic carbocycles. The Kier molecular flexibility index (Phi) is 6.88. The topological polar surface area (TPSA) is 78.5 Å². The average molecular weight is 414 g/mol. The van der Waals surface area contributed by atoms with Gasteiger partial charge in [0.15, 0.2) is 0 Å². The first-order valence-corrected chi connectivity index (χ1v) is 10.1. The number of hydrogen-bond acceptors (Lipinski definition) is 3. The van der Waals surface area contributed by atoms with E-state index in [2.05, 4.69) is 17.6 Å². The number of amides is 3. The van der Waals surface area contributed by atoms with Gasteiger partial charge in [0.1, 0.15) is 0 Å². The molecule has 0 aromatic heterocycles. The van der Waals surface area contributed by atoms with Crippen LogP contribution in [0.15, 0.2) is 48.5 Å². The molecule has 0 saturated carbocycles. The highest BCUT2D eigenvalue weighted by Crippen LogP contribution is 2.27. The molecule has 1 heterocycles. The molecule has 3 amide bonds. The van der Waals surface area contributed by atoms with E-state index >= 15 is 0 Å². The summed E-state index contributed by atoms with van der Waals surface area (Å²) in [6.45, 7) is 2.93. The van der Waals surface area contributed by atoms with Crippen molar-refractivity contribution in [2.45, 2.75) is 26.2 Å². The molecule has 1 aliphatic heterocycles. The molecule has 1 saturated heterocycles. The number of anilines is 2. The summed E-state index contributed by atoms with van der Waals surface area (Å²) < 4.78 is 0. The van der Waals surface area contributed by atoms with Gasteiger partial charge in [0.25, 0.3) is 5.91 Å². The normalized spacial score (nSPS) is 16.0. The van der Waals surface area contributed by atoms with E-state index in [-0.39, 0.29) is 30.7 Å². The van der Waals surface area contributed by atoms with Gasteiger partial charge in [-0.1, -0.05) is 37.1 Å². The van der Waals surface area contributed by atoms with Gasteiger partial charge in [-0.3, -0.25) is 14.4 Å². The van der Waals surface area contributed by atoms with Crippen molar-refractivity contribution in [3.63, 3.8) is 0 Å². The van der Waals surface area contributed by atoms with Crippen LogP contribution in [0.3, 0.4) is 0 Å². The Bertz CT molecular complexity index is 898. The molecule has 152 valence electrons. The van der Waals surface area contributed by atoms with Crippen LogP contribution in [0.4, 0.5) is 11.4 Å². The number of nitrogens with one attached hydrogen (secondary N) is 2. The fourth-order valence-corrected chi connectivity index (χ4v) is 3.38. The van der Waals surface area contributed by atoms with E-state index in [4.69, 9.17) is 11.6 Å². The molecule has 3 rings (SSSR count). The first-order chi connectivity index (χ1) is 14.0. The molecule has 0 unspecified atom stereocenters. The summed E-state index contributed by atoms with van der Waals surface area (Å²) in [5.41, 5.74) is 1.57. The first kappa shape index (κ1) is 20.9. The number of hydrogen-bond donors (Lipinski definition) is 2. The SMILES string of the molecule is CCCCNC(=O)c1ccccc1NC(=O)[C@H]1CC(=O)N(c2ccc(Cl)cc2)C1. The van der Waals surface area contributed by atoms with Crippen molar-refractivity contribution in [3.8, 4) is 0 Å². The lowest BCUT2D eigenvalue weighted by molar-refractivity contribution is -0.122. The fraction of sp³-hybridized carbons (Fsp3) is 0.318. The Morgan fingerprint density at radius 1 is 1.14 bits per heavy atom. The predicted molar refractivity (Wildman–Crippen MR) is 114 cm³/mol. The van der Waals surface area contributed by atoms with Crippen LogP contribution >= 0.6 is 11.6 Å². The summed E-state index contributed by atoms with van der Waals surface area (Å²) in [5, 5.41) is 6.27. The molecule has 0 spiro atoms. The lowest BCUT2D eigenvalue weighted by Gasteiger charge is -2.17. The van der Waals surface area contributed by atoms with Crippen molar-refractivity contribution in [1.29, 1.82) is 0 Å². The number of halogens is 1. The van der Waals surface area contributed by atoms with Crippen molar-refractivity contribution in [3.05, 3.63) is 59.1 Å². The summed E-state index contributed by atoms with van der Waals surface area (Å²) in [6, 6.07) is 13.8. The van der Waals surface area contributed by atoms with Crippen molar-refractivity contribution < 1.29 is 14.4 Å². The van der Waals surface area contributed by atoms with E-state index in [1.165, 1.54) is 0 Å². The molecule has 1 aliphatic rings. The van der Waals surface area contributed by atoms with E-state index in [0.717, 1.165) is 12.8 Å². The van der Waals surface area contributed by atoms with Gasteiger partial charge in [0.2, 0.25) is 11.8 Å². The first-order valence-electron chi connectivity index (χ1n) is 9.73. The third-order valence-electron chi connectivity index (χ3n) is 4.88. The smallest absolute Gasteiger partial charge is 0.253 e. The van der Waals surface area contributed by atoms with Crippen LogP contribution in [0.2, 0.25) is 5.02 Å². The van der Waals surface area contributed by atoms with Crippen molar-refractivity contribution in [1.82, 2.24) is 5.32 Å². The average Bonchev–Trinajstić information content (AvgIpc) is 3.11. The van der Waals surface area contributed by atoms with Crippen LogP contribution in [0.25, 0.3) is 0 Å². The van der Waals surface area contributed by atoms with Crippen LogP contribution in [0.5, 0.6) is 0 Å². The van der Waals surface area contributed by atoms with Gasteiger partial charge in [-0.15, -0.1) is 0 Å². The molecule has 29 heavy (non-hydrogen) atoms. The Morgan fingerprint density at radius 3 is 2.59 bits per heavy atom. The Hall–Kier alpha value is -2.86. The number of carbonyl (C=O) groups is 3. The number of carbonyl (C=O) groups excluding carboxylic acids is 3. The zero-order valence-electron chi connectivity index (χ0n) is 16.3. The van der Waals surface area contributed by atoms with Crippen LogP contribution < -0.4 is 15.5 Å². The molecular formula is C22H24ClN3O3. The molecule has 0 bridgehead atoms. The lowest BCUT2D eigenvalue weighted by Crippen LogP contribution is -2.29. The van der Waals surface area contributed by atoms with Crippen molar-refractivity contribution in [2.75, 3.05) is 23.3 Å². The Balaban J connectivity index is 1.67. The maximum atomic E-state index is 12.8. The van der Waals surface area contributed by atoms with Gasteiger partial charge < -0.3 is 15.5 Å². The largest absolute Gasteiger partial charge is 0.352 e. The molecule has 0 radical (unpaired) electrons. The lowest BCUT2D eigenvalue weighted by atomic mass is 10.1. The molecule has 2 N–H and O–H groups in total. The number of benzene rings is 2. The van der Waals surface area contributed by atoms with Crippen molar-refractivity contribution in [2.24, 2.45) is 5.92 Å². The van der Waals surface area contributed by atoms with Crippen LogP contribution in [0.1, 0.15) is 36.5 Å². The van der Waals surface area contributed by atoms with Crippen molar-refractivity contribution >= 4 is 40.7 Å². The highest BCUT2D eigenvalue weighted by molar-refractivity contribution is 6.30. The summed E-state index contributed by atoms with van der Waals surface area (Å²) >= 11 is 5.90. The zero-order valence-corrected chi connectivity index (χ0v) is 17.0. The summed E-state index contributed by atoms with van der Waals surface area (Å²) in [4.78, 5) is 39.2. The second-order valence-corrected chi connectivity index (χ2v) is 7.46. The van der Waals surface area contributed by atoms with Gasteiger partial charge in [0.05, 0.1) is 17.2 Å². The zero-order chi connectivity index (χ0) is 20.8. The third kappa shape index (κ3) is 5.15. The number of rotatable bonds is 7. The molecule has 1 fully saturated rings. The van der Waals surface area contributed by atoms with Crippen LogP contribution in [-0.2, 0) is 9.59 Å². The summed E-state index contributed by atoms with van der Waals surface area (Å²) in [7, 11) is 0. The second-order valence-electron chi connectivity index (χ2n) is 7.03. The minimum atomic E-state index is -0.491. The fourth-order valence-electron chi connectivity index (χ4n) is 3.25. The van der Waals surface area contributed by atoms with Gasteiger partial charge in [-0.05, 0) is 42.8 Å². The van der Waals surface area contributed by atoms with E-state index in [0.29, 0.717) is 28.5 Å². The van der Waals surface area contributed by atoms with E-state index in [1.807, 2.05) is 0 Å². The number of para-hydroxylation sites is 1. The molecule has 7 heteroatoms. The highest BCUT2D eigenvalue weighted by Gasteiger charge is 2.35. The molecule has 6 nitrogen and oxygen atoms in total. The van der Waals surface area contributed by atoms with Crippen LogP contribution in [0, 0.1) is 5.92 Å². The molecule has 2 aromatic rings. The summed E-state index contributed by atoms with van der Waals surface area (Å²) in [5.74, 6) is -1.10. The number of unbranched alkanes of at least 4 members (excludes halogenated alkanes) is 1. The minimum absolute atomic E-state index is 0.113. The van der Waals surface area contributed by atoms with Gasteiger partial charge in [-0.25, -0.2) is 0 Å². The molecular weight excluding hydrogens is 390 g/mol. The van der Waals surface area contributed by atoms with E-state index in [9.17, 15) is 14.4 Å². The van der Waals surface area contributed by atoms with E-state index in [1.54, 1.807) is 53.4 Å². The minimum Gasteiger partial charge on any atom is -0.352 e. The Morgan fingerprint density at radius 2 is 1.86 bits per heavy atom. The quantitative estimate of drug-likeness (QED) is 0.676. The third-order valence-corrected chi connectivity index (χ3v) is 5.13. The van der Waals surface area contributed by atoms with Gasteiger partial charge in [0, 0.05) is 30.2 Å². The monoisotopic (exact) mass is 413 g/mol. The molecule has 1 atom stereocenters. The number of nitrogens with zero attached hydrogens (tertiary/aromatic N) is 1. The van der Waals surface area contributed by atoms with Crippen LogP contribution in [-0.4, -0.2) is 30.8 Å². The predicted octanol–water partition coefficient (Wildman–Crippen LogP) is 3.86. The Labute approximate surface area is 175 Å². The van der Waals surface area contributed by atoms with Gasteiger partial charge in [-0.2, -0.15) is 0 Å². The highest BCUT2D eigenvalue weighted by atomic mass is 35.5.